The Bertz CT molecular complexity index is 558. The normalized spacial score (nSPS) is 12.8. The molecule has 0 aliphatic rings. The van der Waals surface area contributed by atoms with Gasteiger partial charge in [0, 0.05) is 13.6 Å². The molecule has 0 aliphatic carbocycles. The summed E-state index contributed by atoms with van der Waals surface area (Å²) in [5.74, 6) is 0.712. The number of aliphatic imine (C=N–C) groups is 1. The van der Waals surface area contributed by atoms with E-state index in [0.717, 1.165) is 12.5 Å². The summed E-state index contributed by atoms with van der Waals surface area (Å²) < 4.78 is 0. The summed E-state index contributed by atoms with van der Waals surface area (Å²) in [7, 11) is 1.65. The number of hydrogen-bond donors (Lipinski definition) is 3. The Kier molecular flexibility index (Phi) is 9.96. The van der Waals surface area contributed by atoms with E-state index in [-0.39, 0.29) is 35.9 Å². The number of guanidine groups is 1. The number of carbonyl (C=O) groups is 1. The zero-order chi connectivity index (χ0) is 17.5. The van der Waals surface area contributed by atoms with Gasteiger partial charge in [0.2, 0.25) is 5.91 Å². The highest BCUT2D eigenvalue weighted by atomic mass is 127. The molecule has 0 fully saturated rings. The summed E-state index contributed by atoms with van der Waals surface area (Å²) in [6, 6.07) is 8.44. The molecule has 0 radical (unpaired) electrons. The van der Waals surface area contributed by atoms with Crippen LogP contribution in [-0.4, -0.2) is 32.0 Å². The molecule has 5 nitrogen and oxygen atoms in total. The van der Waals surface area contributed by atoms with Crippen LogP contribution in [0.1, 0.15) is 44.9 Å². The van der Waals surface area contributed by atoms with Gasteiger partial charge in [-0.3, -0.25) is 9.79 Å². The van der Waals surface area contributed by atoms with Crippen molar-refractivity contribution in [3.63, 3.8) is 0 Å². The number of benzene rings is 1. The first-order valence-electron chi connectivity index (χ1n) is 8.14. The molecular formula is C18H31IN4O. The van der Waals surface area contributed by atoms with Crippen LogP contribution < -0.4 is 16.0 Å². The molecule has 6 heteroatoms. The topological polar surface area (TPSA) is 65.5 Å². The van der Waals surface area contributed by atoms with Gasteiger partial charge in [0.05, 0.1) is 18.0 Å². The second-order valence-corrected chi connectivity index (χ2v) is 6.38. The lowest BCUT2D eigenvalue weighted by molar-refractivity contribution is -0.128. The molecule has 3 N–H and O–H groups in total. The highest BCUT2D eigenvalue weighted by Crippen LogP contribution is 2.17. The maximum absolute atomic E-state index is 11.9. The average molecular weight is 446 g/mol. The van der Waals surface area contributed by atoms with E-state index < -0.39 is 5.41 Å². The number of nitrogens with one attached hydrogen (secondary N) is 3. The van der Waals surface area contributed by atoms with Gasteiger partial charge in [0.25, 0.3) is 0 Å². The van der Waals surface area contributed by atoms with Crippen molar-refractivity contribution >= 4 is 35.8 Å². The fourth-order valence-electron chi connectivity index (χ4n) is 2.36. The summed E-state index contributed by atoms with van der Waals surface area (Å²) in [4.78, 5) is 16.5. The van der Waals surface area contributed by atoms with Gasteiger partial charge in [0.15, 0.2) is 5.96 Å². The lowest BCUT2D eigenvalue weighted by atomic mass is 9.93. The Hall–Kier alpha value is -1.31. The van der Waals surface area contributed by atoms with Gasteiger partial charge in [-0.1, -0.05) is 24.3 Å². The van der Waals surface area contributed by atoms with E-state index in [1.165, 1.54) is 11.1 Å². The predicted molar refractivity (Wildman–Crippen MR) is 112 cm³/mol. The predicted octanol–water partition coefficient (Wildman–Crippen LogP) is 3.00. The second-order valence-electron chi connectivity index (χ2n) is 6.38. The molecule has 0 heterocycles. The Morgan fingerprint density at radius 2 is 1.92 bits per heavy atom. The SMILES string of the molecule is CCNC(=NCC(C)(C)C(=O)NC)NC(C)c1ccccc1C.I. The molecule has 0 aromatic heterocycles. The van der Waals surface area contributed by atoms with E-state index >= 15 is 0 Å². The monoisotopic (exact) mass is 446 g/mol. The van der Waals surface area contributed by atoms with Gasteiger partial charge in [0.1, 0.15) is 0 Å². The Balaban J connectivity index is 0.00000529. The number of amides is 1. The van der Waals surface area contributed by atoms with Crippen molar-refractivity contribution in [2.45, 2.75) is 40.7 Å². The van der Waals surface area contributed by atoms with Crippen LogP contribution in [0.15, 0.2) is 29.3 Å². The van der Waals surface area contributed by atoms with E-state index in [1.807, 2.05) is 32.9 Å². The van der Waals surface area contributed by atoms with E-state index in [1.54, 1.807) is 7.05 Å². The van der Waals surface area contributed by atoms with Crippen LogP contribution in [0, 0.1) is 12.3 Å². The lowest BCUT2D eigenvalue weighted by Crippen LogP contribution is -2.41. The fourth-order valence-corrected chi connectivity index (χ4v) is 2.36. The summed E-state index contributed by atoms with van der Waals surface area (Å²) in [6.07, 6.45) is 0. The van der Waals surface area contributed by atoms with Crippen LogP contribution in [0.25, 0.3) is 0 Å². The van der Waals surface area contributed by atoms with Crippen molar-refractivity contribution in [2.75, 3.05) is 20.1 Å². The summed E-state index contributed by atoms with van der Waals surface area (Å²) in [6.45, 7) is 11.2. The van der Waals surface area contributed by atoms with Gasteiger partial charge in [-0.2, -0.15) is 0 Å². The second kappa shape index (κ2) is 10.5. The first-order valence-corrected chi connectivity index (χ1v) is 8.14. The zero-order valence-corrected chi connectivity index (χ0v) is 17.9. The largest absolute Gasteiger partial charge is 0.359 e. The first kappa shape index (κ1) is 22.7. The maximum Gasteiger partial charge on any atom is 0.227 e. The minimum atomic E-state index is -0.539. The molecule has 0 saturated heterocycles. The van der Waals surface area contributed by atoms with Crippen molar-refractivity contribution in [3.05, 3.63) is 35.4 Å². The van der Waals surface area contributed by atoms with Crippen molar-refractivity contribution in [1.82, 2.24) is 16.0 Å². The van der Waals surface area contributed by atoms with Crippen molar-refractivity contribution in [3.8, 4) is 0 Å². The van der Waals surface area contributed by atoms with Gasteiger partial charge in [-0.25, -0.2) is 0 Å². The fraction of sp³-hybridized carbons (Fsp3) is 0.556. The van der Waals surface area contributed by atoms with Crippen molar-refractivity contribution in [2.24, 2.45) is 10.4 Å². The van der Waals surface area contributed by atoms with E-state index in [2.05, 4.69) is 46.9 Å². The minimum Gasteiger partial charge on any atom is -0.359 e. The number of hydrogen-bond acceptors (Lipinski definition) is 2. The molecule has 1 amide bonds. The van der Waals surface area contributed by atoms with Crippen molar-refractivity contribution < 1.29 is 4.79 Å². The standard InChI is InChI=1S/C18H30N4O.HI/c1-7-20-17(21-12-18(4,5)16(23)19-6)22-14(3)15-11-9-8-10-13(15)2;/h8-11,14H,7,12H2,1-6H3,(H,19,23)(H2,20,21,22);1H. The average Bonchev–Trinajstić information content (AvgIpc) is 2.52. The molecule has 1 rings (SSSR count). The zero-order valence-electron chi connectivity index (χ0n) is 15.6. The van der Waals surface area contributed by atoms with Gasteiger partial charge >= 0.3 is 0 Å². The number of aryl methyl sites for hydroxylation is 1. The van der Waals surface area contributed by atoms with Crippen LogP contribution in [0.3, 0.4) is 0 Å². The van der Waals surface area contributed by atoms with E-state index in [9.17, 15) is 4.79 Å². The summed E-state index contributed by atoms with van der Waals surface area (Å²) in [5, 5.41) is 9.34. The molecular weight excluding hydrogens is 415 g/mol. The molecule has 24 heavy (non-hydrogen) atoms. The van der Waals surface area contributed by atoms with Gasteiger partial charge < -0.3 is 16.0 Å². The molecule has 0 saturated carbocycles. The smallest absolute Gasteiger partial charge is 0.227 e. The van der Waals surface area contributed by atoms with Crippen LogP contribution >= 0.6 is 24.0 Å². The number of nitrogens with zero attached hydrogens (tertiary/aromatic N) is 1. The van der Waals surface area contributed by atoms with E-state index in [4.69, 9.17) is 0 Å². The lowest BCUT2D eigenvalue weighted by Gasteiger charge is -2.23. The third-order valence-electron chi connectivity index (χ3n) is 3.83. The Morgan fingerprint density at radius 1 is 1.29 bits per heavy atom. The molecule has 1 atom stereocenters. The van der Waals surface area contributed by atoms with E-state index in [0.29, 0.717) is 6.54 Å². The first-order chi connectivity index (χ1) is 10.8. The summed E-state index contributed by atoms with van der Waals surface area (Å²) in [5.41, 5.74) is 1.95. The molecule has 136 valence electrons. The van der Waals surface area contributed by atoms with Crippen molar-refractivity contribution in [1.29, 1.82) is 0 Å². The maximum atomic E-state index is 11.9. The molecule has 0 spiro atoms. The number of carbonyl (C=O) groups excluding carboxylic acids is 1. The van der Waals surface area contributed by atoms with Gasteiger partial charge in [-0.05, 0) is 45.7 Å². The quantitative estimate of drug-likeness (QED) is 0.358. The third-order valence-corrected chi connectivity index (χ3v) is 3.83. The highest BCUT2D eigenvalue weighted by Gasteiger charge is 2.26. The van der Waals surface area contributed by atoms with Crippen LogP contribution in [0.5, 0.6) is 0 Å². The number of halogens is 1. The minimum absolute atomic E-state index is 0. The Morgan fingerprint density at radius 3 is 2.46 bits per heavy atom. The summed E-state index contributed by atoms with van der Waals surface area (Å²) >= 11 is 0. The highest BCUT2D eigenvalue weighted by molar-refractivity contribution is 14.0. The van der Waals surface area contributed by atoms with Crippen LogP contribution in [-0.2, 0) is 4.79 Å². The molecule has 1 unspecified atom stereocenters. The molecule has 1 aromatic carbocycles. The van der Waals surface area contributed by atoms with Crippen LogP contribution in [0.2, 0.25) is 0 Å². The Labute approximate surface area is 163 Å². The molecule has 0 bridgehead atoms. The van der Waals surface area contributed by atoms with Crippen LogP contribution in [0.4, 0.5) is 0 Å². The van der Waals surface area contributed by atoms with Gasteiger partial charge in [-0.15, -0.1) is 24.0 Å². The third kappa shape index (κ3) is 6.67. The molecule has 1 aromatic rings. The molecule has 0 aliphatic heterocycles. The number of rotatable bonds is 6.